The van der Waals surface area contributed by atoms with Crippen molar-refractivity contribution in [2.24, 2.45) is 0 Å². The smallest absolute Gasteiger partial charge is 0.238 e. The summed E-state index contributed by atoms with van der Waals surface area (Å²) < 4.78 is 0. The monoisotopic (exact) mass is 402 g/mol. The quantitative estimate of drug-likeness (QED) is 0.641. The molecule has 2 amide bonds. The van der Waals surface area contributed by atoms with Gasteiger partial charge in [-0.15, -0.1) is 11.8 Å². The summed E-state index contributed by atoms with van der Waals surface area (Å²) in [6, 6.07) is 28.0. The molecule has 0 aromatic heterocycles. The predicted octanol–water partition coefficient (Wildman–Crippen LogP) is 4.44. The first kappa shape index (κ1) is 19.3. The second-order valence-corrected chi connectivity index (χ2v) is 8.22. The number of amides is 2. The van der Waals surface area contributed by atoms with Gasteiger partial charge in [0.25, 0.3) is 0 Å². The van der Waals surface area contributed by atoms with Crippen molar-refractivity contribution in [3.05, 3.63) is 96.1 Å². The Morgan fingerprint density at radius 2 is 1.48 bits per heavy atom. The Morgan fingerprint density at radius 1 is 0.897 bits per heavy atom. The van der Waals surface area contributed by atoms with Crippen LogP contribution in [0.5, 0.6) is 0 Å². The second-order valence-electron chi connectivity index (χ2n) is 6.97. The minimum Gasteiger partial charge on any atom is -0.355 e. The van der Waals surface area contributed by atoms with Gasteiger partial charge in [-0.2, -0.15) is 0 Å². The van der Waals surface area contributed by atoms with Crippen molar-refractivity contribution in [3.8, 4) is 0 Å². The molecule has 146 valence electrons. The van der Waals surface area contributed by atoms with Crippen LogP contribution in [0.15, 0.2) is 89.8 Å². The number of hydrogen-bond acceptors (Lipinski definition) is 3. The Balaban J connectivity index is 1.42. The number of anilines is 1. The fourth-order valence-corrected chi connectivity index (χ4v) is 4.59. The predicted molar refractivity (Wildman–Crippen MR) is 117 cm³/mol. The SMILES string of the molecule is O=C(CC1Sc2ccccc2NC1=O)NCC(c1ccccc1)c1ccccc1. The second kappa shape index (κ2) is 8.97. The van der Waals surface area contributed by atoms with Crippen LogP contribution in [0.3, 0.4) is 0 Å². The van der Waals surface area contributed by atoms with Gasteiger partial charge in [-0.1, -0.05) is 72.8 Å². The van der Waals surface area contributed by atoms with Crippen LogP contribution in [0.1, 0.15) is 23.5 Å². The number of fused-ring (bicyclic) bond motifs is 1. The summed E-state index contributed by atoms with van der Waals surface area (Å²) in [5.74, 6) is -0.171. The molecule has 0 aliphatic carbocycles. The summed E-state index contributed by atoms with van der Waals surface area (Å²) in [4.78, 5) is 26.0. The van der Waals surface area contributed by atoms with E-state index in [0.717, 1.165) is 21.7 Å². The lowest BCUT2D eigenvalue weighted by Gasteiger charge is -2.24. The fourth-order valence-electron chi connectivity index (χ4n) is 3.48. The standard InChI is InChI=1S/C24H22N2O2S/c27-23(15-22-24(28)26-20-13-7-8-14-21(20)29-22)25-16-19(17-9-3-1-4-10-17)18-11-5-2-6-12-18/h1-14,19,22H,15-16H2,(H,25,27)(H,26,28). The molecule has 1 atom stereocenters. The van der Waals surface area contributed by atoms with Crippen LogP contribution in [0.25, 0.3) is 0 Å². The average Bonchev–Trinajstić information content (AvgIpc) is 2.76. The molecule has 5 heteroatoms. The number of rotatable bonds is 6. The van der Waals surface area contributed by atoms with Crippen LogP contribution < -0.4 is 10.6 Å². The van der Waals surface area contributed by atoms with Gasteiger partial charge >= 0.3 is 0 Å². The topological polar surface area (TPSA) is 58.2 Å². The molecule has 29 heavy (non-hydrogen) atoms. The van der Waals surface area contributed by atoms with Crippen LogP contribution in [-0.2, 0) is 9.59 Å². The summed E-state index contributed by atoms with van der Waals surface area (Å²) >= 11 is 1.45. The summed E-state index contributed by atoms with van der Waals surface area (Å²) in [5, 5.41) is 5.51. The molecule has 1 aliphatic rings. The van der Waals surface area contributed by atoms with Gasteiger partial charge in [0.05, 0.1) is 10.9 Å². The first-order chi connectivity index (χ1) is 14.2. The molecule has 1 heterocycles. The molecule has 0 radical (unpaired) electrons. The van der Waals surface area contributed by atoms with Gasteiger partial charge in [-0.05, 0) is 23.3 Å². The van der Waals surface area contributed by atoms with Crippen LogP contribution in [0.4, 0.5) is 5.69 Å². The minimum absolute atomic E-state index is 0.0647. The van der Waals surface area contributed by atoms with Crippen LogP contribution >= 0.6 is 11.8 Å². The lowest BCUT2D eigenvalue weighted by Crippen LogP contribution is -2.36. The molecule has 0 bridgehead atoms. The van der Waals surface area contributed by atoms with Gasteiger partial charge in [-0.3, -0.25) is 9.59 Å². The fraction of sp³-hybridized carbons (Fsp3) is 0.167. The van der Waals surface area contributed by atoms with Gasteiger partial charge in [0.15, 0.2) is 0 Å². The Labute approximate surface area is 174 Å². The summed E-state index contributed by atoms with van der Waals surface area (Å²) in [5.41, 5.74) is 3.11. The van der Waals surface area contributed by atoms with E-state index in [1.54, 1.807) is 0 Å². The van der Waals surface area contributed by atoms with E-state index in [2.05, 4.69) is 34.9 Å². The number of carbonyl (C=O) groups is 2. The third-order valence-corrected chi connectivity index (χ3v) is 6.26. The van der Waals surface area contributed by atoms with E-state index in [4.69, 9.17) is 0 Å². The highest BCUT2D eigenvalue weighted by Gasteiger charge is 2.29. The molecule has 1 aliphatic heterocycles. The number of para-hydroxylation sites is 1. The highest BCUT2D eigenvalue weighted by molar-refractivity contribution is 8.01. The lowest BCUT2D eigenvalue weighted by atomic mass is 9.91. The largest absolute Gasteiger partial charge is 0.355 e. The highest BCUT2D eigenvalue weighted by Crippen LogP contribution is 2.36. The van der Waals surface area contributed by atoms with E-state index in [1.165, 1.54) is 11.8 Å². The van der Waals surface area contributed by atoms with Crippen molar-refractivity contribution in [1.82, 2.24) is 5.32 Å². The third-order valence-electron chi connectivity index (χ3n) is 4.98. The summed E-state index contributed by atoms with van der Waals surface area (Å²) in [6.07, 6.45) is 0.154. The third kappa shape index (κ3) is 4.69. The minimum atomic E-state index is -0.420. The van der Waals surface area contributed by atoms with Gasteiger partial charge in [-0.25, -0.2) is 0 Å². The molecular weight excluding hydrogens is 380 g/mol. The van der Waals surface area contributed by atoms with Gasteiger partial charge < -0.3 is 10.6 Å². The van der Waals surface area contributed by atoms with E-state index < -0.39 is 5.25 Å². The summed E-state index contributed by atoms with van der Waals surface area (Å²) in [6.45, 7) is 0.489. The number of carbonyl (C=O) groups excluding carboxylic acids is 2. The number of hydrogen-bond donors (Lipinski definition) is 2. The molecule has 0 saturated heterocycles. The van der Waals surface area contributed by atoms with Crippen LogP contribution in [0.2, 0.25) is 0 Å². The van der Waals surface area contributed by atoms with E-state index in [9.17, 15) is 9.59 Å². The maximum absolute atomic E-state index is 12.6. The molecule has 4 rings (SSSR count). The Hall–Kier alpha value is -3.05. The van der Waals surface area contributed by atoms with Crippen molar-refractivity contribution in [2.45, 2.75) is 22.5 Å². The maximum atomic E-state index is 12.6. The maximum Gasteiger partial charge on any atom is 0.238 e. The van der Waals surface area contributed by atoms with Gasteiger partial charge in [0, 0.05) is 23.8 Å². The normalized spacial score (nSPS) is 15.5. The van der Waals surface area contributed by atoms with E-state index >= 15 is 0 Å². The van der Waals surface area contributed by atoms with Crippen molar-refractivity contribution in [2.75, 3.05) is 11.9 Å². The molecule has 0 spiro atoms. The average molecular weight is 403 g/mol. The molecular formula is C24H22N2O2S. The van der Waals surface area contributed by atoms with Gasteiger partial charge in [0.2, 0.25) is 11.8 Å². The first-order valence-corrected chi connectivity index (χ1v) is 10.5. The number of thioether (sulfide) groups is 1. The molecule has 3 aromatic rings. The molecule has 0 saturated carbocycles. The zero-order valence-corrected chi connectivity index (χ0v) is 16.7. The Morgan fingerprint density at radius 3 is 2.14 bits per heavy atom. The molecule has 3 aromatic carbocycles. The molecule has 1 unspecified atom stereocenters. The van der Waals surface area contributed by atoms with E-state index in [1.807, 2.05) is 60.7 Å². The lowest BCUT2D eigenvalue weighted by molar-refractivity contribution is -0.124. The van der Waals surface area contributed by atoms with Gasteiger partial charge in [0.1, 0.15) is 0 Å². The molecule has 4 nitrogen and oxygen atoms in total. The number of nitrogens with one attached hydrogen (secondary N) is 2. The first-order valence-electron chi connectivity index (χ1n) is 9.64. The van der Waals surface area contributed by atoms with Crippen molar-refractivity contribution in [1.29, 1.82) is 0 Å². The Kier molecular flexibility index (Phi) is 5.96. The van der Waals surface area contributed by atoms with Crippen LogP contribution in [-0.4, -0.2) is 23.6 Å². The Bertz CT molecular complexity index is 953. The van der Waals surface area contributed by atoms with E-state index in [-0.39, 0.29) is 24.2 Å². The zero-order valence-electron chi connectivity index (χ0n) is 15.9. The van der Waals surface area contributed by atoms with Crippen molar-refractivity contribution < 1.29 is 9.59 Å². The molecule has 2 N–H and O–H groups in total. The van der Waals surface area contributed by atoms with Crippen molar-refractivity contribution >= 4 is 29.3 Å². The highest BCUT2D eigenvalue weighted by atomic mass is 32.2. The van der Waals surface area contributed by atoms with E-state index in [0.29, 0.717) is 6.54 Å². The zero-order chi connectivity index (χ0) is 20.1. The summed E-state index contributed by atoms with van der Waals surface area (Å²) in [7, 11) is 0. The number of benzene rings is 3. The van der Waals surface area contributed by atoms with Crippen molar-refractivity contribution in [3.63, 3.8) is 0 Å². The molecule has 0 fully saturated rings. The van der Waals surface area contributed by atoms with Crippen LogP contribution in [0, 0.1) is 0 Å².